The molecule has 54 valence electrons. The molecule has 1 heterocycles. The second kappa shape index (κ2) is 2.71. The molecule has 6 heteroatoms. The Balaban J connectivity index is 2.35. The predicted octanol–water partition coefficient (Wildman–Crippen LogP) is 1.77. The monoisotopic (exact) mass is 174 g/mol. The van der Waals surface area contributed by atoms with Crippen LogP contribution in [0.2, 0.25) is 0 Å². The molecule has 0 aromatic rings. The summed E-state index contributed by atoms with van der Waals surface area (Å²) >= 11 is 0. The molecule has 0 aliphatic carbocycles. The number of halogens is 2. The summed E-state index contributed by atoms with van der Waals surface area (Å²) in [6.45, 7) is -0.472. The Hall–Kier alpha value is 0.640. The topological polar surface area (TPSA) is 18.5 Å². The molecule has 1 unspecified atom stereocenters. The largest absolute Gasteiger partial charge is 0.375 e. The van der Waals surface area contributed by atoms with E-state index in [1.165, 1.54) is 0 Å². The highest BCUT2D eigenvalue weighted by Crippen LogP contribution is 2.47. The maximum atomic E-state index is 12.6. The minimum Gasteiger partial charge on any atom is -0.305 e. The van der Waals surface area contributed by atoms with Crippen molar-refractivity contribution in [2.45, 2.75) is 5.41 Å². The van der Waals surface area contributed by atoms with Crippen LogP contribution in [-0.2, 0) is 9.05 Å². The number of hydrogen-bond donors (Lipinski definition) is 0. The summed E-state index contributed by atoms with van der Waals surface area (Å²) in [7, 11) is -0.397. The molecular weight excluding hydrogens is 168 g/mol. The third-order valence-electron chi connectivity index (χ3n) is 0.812. The molecule has 1 rings (SSSR count). The Morgan fingerprint density at radius 1 is 1.44 bits per heavy atom. The number of hydrogen-bond acceptors (Lipinski definition) is 2. The van der Waals surface area contributed by atoms with E-state index in [0.29, 0.717) is 0 Å². The van der Waals surface area contributed by atoms with Crippen LogP contribution in [-0.4, -0.2) is 18.6 Å². The lowest BCUT2D eigenvalue weighted by Crippen LogP contribution is -2.29. The standard InChI is InChI=1S/C3H6F2O2P2/c4-3(8)1-6-9(5)7-2-3/h1-2,8H2. The van der Waals surface area contributed by atoms with Gasteiger partial charge in [0.2, 0.25) is 0 Å². The molecule has 1 aliphatic heterocycles. The molecule has 0 aromatic heterocycles. The van der Waals surface area contributed by atoms with Gasteiger partial charge in [0, 0.05) is 0 Å². The molecule has 0 N–H and O–H groups in total. The van der Waals surface area contributed by atoms with E-state index in [1.807, 2.05) is 9.24 Å². The number of rotatable bonds is 0. The zero-order valence-electron chi connectivity index (χ0n) is 4.51. The second-order valence-corrected chi connectivity index (χ2v) is 3.77. The first-order chi connectivity index (χ1) is 4.10. The molecule has 1 atom stereocenters. The van der Waals surface area contributed by atoms with Crippen LogP contribution in [0.15, 0.2) is 0 Å². The van der Waals surface area contributed by atoms with Gasteiger partial charge < -0.3 is 9.05 Å². The normalized spacial score (nSPS) is 45.0. The second-order valence-electron chi connectivity index (χ2n) is 1.79. The SMILES string of the molecule is FP1OCC(F)(P)CO1. The van der Waals surface area contributed by atoms with E-state index < -0.39 is 14.1 Å². The predicted molar refractivity (Wildman–Crippen MR) is 33.5 cm³/mol. The van der Waals surface area contributed by atoms with Crippen LogP contribution in [0.5, 0.6) is 0 Å². The highest BCUT2D eigenvalue weighted by molar-refractivity contribution is 7.41. The van der Waals surface area contributed by atoms with Gasteiger partial charge in [-0.05, 0) is 0 Å². The van der Waals surface area contributed by atoms with Crippen LogP contribution < -0.4 is 0 Å². The Morgan fingerprint density at radius 3 is 2.22 bits per heavy atom. The van der Waals surface area contributed by atoms with Gasteiger partial charge in [-0.25, -0.2) is 4.39 Å². The summed E-state index contributed by atoms with van der Waals surface area (Å²) in [5.41, 5.74) is 0. The van der Waals surface area contributed by atoms with Gasteiger partial charge >= 0.3 is 8.69 Å². The highest BCUT2D eigenvalue weighted by Gasteiger charge is 2.33. The summed E-state index contributed by atoms with van der Waals surface area (Å²) in [6, 6.07) is 0. The summed E-state index contributed by atoms with van der Waals surface area (Å²) < 4.78 is 33.1. The van der Waals surface area contributed by atoms with E-state index in [4.69, 9.17) is 0 Å². The van der Waals surface area contributed by atoms with Gasteiger partial charge in [-0.15, -0.1) is 0 Å². The van der Waals surface area contributed by atoms with Crippen molar-refractivity contribution in [1.29, 1.82) is 0 Å². The van der Waals surface area contributed by atoms with E-state index >= 15 is 0 Å². The summed E-state index contributed by atoms with van der Waals surface area (Å²) in [5.74, 6) is 0. The van der Waals surface area contributed by atoms with Gasteiger partial charge in [0.25, 0.3) is 0 Å². The Labute approximate surface area is 55.1 Å². The van der Waals surface area contributed by atoms with Gasteiger partial charge in [0.1, 0.15) is 0 Å². The highest BCUT2D eigenvalue weighted by atomic mass is 31.2. The van der Waals surface area contributed by atoms with Crippen LogP contribution in [0.1, 0.15) is 0 Å². The van der Waals surface area contributed by atoms with Crippen LogP contribution in [0.25, 0.3) is 0 Å². The van der Waals surface area contributed by atoms with E-state index in [9.17, 15) is 8.59 Å². The minimum absolute atomic E-state index is 0.236. The first-order valence-electron chi connectivity index (χ1n) is 2.30. The third-order valence-corrected chi connectivity index (χ3v) is 1.81. The van der Waals surface area contributed by atoms with Crippen LogP contribution in [0.4, 0.5) is 8.59 Å². The van der Waals surface area contributed by atoms with E-state index in [0.717, 1.165) is 0 Å². The van der Waals surface area contributed by atoms with Crippen molar-refractivity contribution in [3.05, 3.63) is 0 Å². The lowest BCUT2D eigenvalue weighted by molar-refractivity contribution is 0.0533. The van der Waals surface area contributed by atoms with E-state index in [2.05, 4.69) is 9.05 Å². The van der Waals surface area contributed by atoms with Crippen molar-refractivity contribution in [2.75, 3.05) is 13.2 Å². The molecule has 0 spiro atoms. The summed E-state index contributed by atoms with van der Waals surface area (Å²) in [4.78, 5) is 0. The number of alkyl halides is 1. The maximum absolute atomic E-state index is 12.6. The molecular formula is C3H6F2O2P2. The quantitative estimate of drug-likeness (QED) is 0.521. The summed E-state index contributed by atoms with van der Waals surface area (Å²) in [6.07, 6.45) is 0. The summed E-state index contributed by atoms with van der Waals surface area (Å²) in [5, 5.41) is -1.59. The Kier molecular flexibility index (Phi) is 2.33. The molecule has 0 aromatic carbocycles. The third kappa shape index (κ3) is 2.38. The van der Waals surface area contributed by atoms with Crippen molar-refractivity contribution >= 4 is 17.9 Å². The van der Waals surface area contributed by atoms with Gasteiger partial charge in [-0.1, -0.05) is 9.24 Å². The van der Waals surface area contributed by atoms with Crippen LogP contribution >= 0.6 is 17.9 Å². The lowest BCUT2D eigenvalue weighted by atomic mass is 10.4. The fourth-order valence-electron chi connectivity index (χ4n) is 0.395. The first kappa shape index (κ1) is 7.74. The average molecular weight is 174 g/mol. The fourth-order valence-corrected chi connectivity index (χ4v) is 1.55. The zero-order valence-corrected chi connectivity index (χ0v) is 6.56. The fraction of sp³-hybridized carbons (Fsp3) is 1.00. The molecule has 0 radical (unpaired) electrons. The molecule has 1 aliphatic rings. The van der Waals surface area contributed by atoms with Crippen molar-refractivity contribution in [3.8, 4) is 0 Å². The molecule has 1 fully saturated rings. The van der Waals surface area contributed by atoms with Gasteiger partial charge in [-0.3, -0.25) is 0 Å². The molecule has 9 heavy (non-hydrogen) atoms. The maximum Gasteiger partial charge on any atom is 0.375 e. The minimum atomic E-state index is -2.30. The van der Waals surface area contributed by atoms with E-state index in [-0.39, 0.29) is 13.2 Å². The molecule has 0 saturated carbocycles. The van der Waals surface area contributed by atoms with Gasteiger partial charge in [-0.2, -0.15) is 4.20 Å². The van der Waals surface area contributed by atoms with E-state index in [1.54, 1.807) is 0 Å². The lowest BCUT2D eigenvalue weighted by Gasteiger charge is -2.25. The molecule has 0 amide bonds. The van der Waals surface area contributed by atoms with Crippen molar-refractivity contribution in [3.63, 3.8) is 0 Å². The smallest absolute Gasteiger partial charge is 0.305 e. The van der Waals surface area contributed by atoms with Crippen molar-refractivity contribution in [1.82, 2.24) is 0 Å². The van der Waals surface area contributed by atoms with Gasteiger partial charge in [0.15, 0.2) is 5.41 Å². The molecule has 2 nitrogen and oxygen atoms in total. The van der Waals surface area contributed by atoms with Gasteiger partial charge in [0.05, 0.1) is 13.2 Å². The zero-order chi connectivity index (χ0) is 6.91. The van der Waals surface area contributed by atoms with Crippen LogP contribution in [0.3, 0.4) is 0 Å². The Bertz CT molecular complexity index is 100.0. The average Bonchev–Trinajstić information content (AvgIpc) is 1.78. The molecule has 0 bridgehead atoms. The van der Waals surface area contributed by atoms with Crippen molar-refractivity contribution < 1.29 is 17.6 Å². The first-order valence-corrected chi connectivity index (χ1v) is 3.94. The Morgan fingerprint density at radius 2 is 1.89 bits per heavy atom. The molecule has 1 saturated heterocycles. The van der Waals surface area contributed by atoms with Crippen LogP contribution in [0, 0.1) is 0 Å². The van der Waals surface area contributed by atoms with Crippen molar-refractivity contribution in [2.24, 2.45) is 0 Å².